The van der Waals surface area contributed by atoms with Crippen LogP contribution in [0.4, 0.5) is 17.3 Å². The van der Waals surface area contributed by atoms with Gasteiger partial charge in [-0.3, -0.25) is 19.4 Å². The van der Waals surface area contributed by atoms with E-state index in [9.17, 15) is 9.59 Å². The smallest absolute Gasteiger partial charge is 0.270 e. The van der Waals surface area contributed by atoms with Crippen LogP contribution in [0.5, 0.6) is 0 Å². The number of carbonyl (C=O) groups excluding carboxylic acids is 2. The van der Waals surface area contributed by atoms with Gasteiger partial charge in [-0.1, -0.05) is 24.3 Å². The summed E-state index contributed by atoms with van der Waals surface area (Å²) in [5.74, 6) is 0.283. The fourth-order valence-corrected chi connectivity index (χ4v) is 4.85. The van der Waals surface area contributed by atoms with Crippen LogP contribution < -0.4 is 14.7 Å². The first-order valence-electron chi connectivity index (χ1n) is 11.9. The highest BCUT2D eigenvalue weighted by atomic mass is 32.1. The number of hydrogen-bond acceptors (Lipinski definition) is 5. The second-order valence-corrected chi connectivity index (χ2v) is 9.31. The lowest BCUT2D eigenvalue weighted by molar-refractivity contribution is -0.120. The van der Waals surface area contributed by atoms with Gasteiger partial charge in [0.25, 0.3) is 11.8 Å². The molecule has 3 heterocycles. The van der Waals surface area contributed by atoms with Gasteiger partial charge in [-0.25, -0.2) is 0 Å². The number of furan rings is 1. The minimum Gasteiger partial charge on any atom is -0.441 e. The van der Waals surface area contributed by atoms with E-state index in [1.165, 1.54) is 22.3 Å². The van der Waals surface area contributed by atoms with Gasteiger partial charge in [-0.15, -0.1) is 0 Å². The number of hydrogen-bond donors (Lipinski definition) is 0. The minimum absolute atomic E-state index is 0.000209. The summed E-state index contributed by atoms with van der Waals surface area (Å²) in [5.41, 5.74) is 3.36. The van der Waals surface area contributed by atoms with Crippen LogP contribution in [-0.4, -0.2) is 30.0 Å². The molecule has 2 amide bonds. The van der Waals surface area contributed by atoms with E-state index in [-0.39, 0.29) is 10.7 Å². The number of para-hydroxylation sites is 1. The fraction of sp³-hybridized carbons (Fsp3) is 0.250. The number of nitrogens with zero attached hydrogens (tertiary/aromatic N) is 3. The number of anilines is 3. The van der Waals surface area contributed by atoms with Crippen LogP contribution in [0.3, 0.4) is 0 Å². The average Bonchev–Trinajstić information content (AvgIpc) is 3.34. The van der Waals surface area contributed by atoms with Gasteiger partial charge in [0.1, 0.15) is 11.3 Å². The number of carbonyl (C=O) groups is 2. The van der Waals surface area contributed by atoms with Crippen molar-refractivity contribution < 1.29 is 14.0 Å². The standard InChI is InChI=1S/C28H27N3O3S/c1-19-11-12-22(17-20(19)2)31-27(33)24(26(32)30(28(31)35)21-9-5-3-6-10-21)18-23-13-14-25(34-23)29-15-7-4-8-16-29/h3,5-6,9-14,17-18H,4,7-8,15-16H2,1-2H3/b24-18+. The Labute approximate surface area is 210 Å². The van der Waals surface area contributed by atoms with Crippen molar-refractivity contribution in [3.8, 4) is 0 Å². The maximum absolute atomic E-state index is 13.7. The van der Waals surface area contributed by atoms with Gasteiger partial charge in [0.05, 0.1) is 11.4 Å². The van der Waals surface area contributed by atoms with Gasteiger partial charge in [0.2, 0.25) is 0 Å². The lowest BCUT2D eigenvalue weighted by Gasteiger charge is -2.36. The van der Waals surface area contributed by atoms with Gasteiger partial charge >= 0.3 is 0 Å². The van der Waals surface area contributed by atoms with Crippen LogP contribution in [0.15, 0.2) is 70.7 Å². The molecule has 3 aromatic rings. The quantitative estimate of drug-likeness (QED) is 0.272. The Morgan fingerprint density at radius 3 is 2.17 bits per heavy atom. The van der Waals surface area contributed by atoms with Crippen LogP contribution in [0.2, 0.25) is 0 Å². The van der Waals surface area contributed by atoms with Gasteiger partial charge < -0.3 is 9.32 Å². The van der Waals surface area contributed by atoms with E-state index in [0.717, 1.165) is 42.9 Å². The Balaban J connectivity index is 1.57. The molecule has 178 valence electrons. The zero-order valence-electron chi connectivity index (χ0n) is 19.9. The molecule has 2 saturated heterocycles. The SMILES string of the molecule is Cc1ccc(N2C(=O)/C(=C/c3ccc(N4CCCCC4)o3)C(=O)N(c3ccccc3)C2=S)cc1C. The zero-order valence-corrected chi connectivity index (χ0v) is 20.7. The third kappa shape index (κ3) is 4.39. The summed E-state index contributed by atoms with van der Waals surface area (Å²) >= 11 is 5.70. The van der Waals surface area contributed by atoms with E-state index in [4.69, 9.17) is 16.6 Å². The molecule has 6 nitrogen and oxygen atoms in total. The summed E-state index contributed by atoms with van der Waals surface area (Å²) in [7, 11) is 0. The van der Waals surface area contributed by atoms with Gasteiger partial charge in [0, 0.05) is 19.2 Å². The fourth-order valence-electron chi connectivity index (χ4n) is 4.47. The van der Waals surface area contributed by atoms with E-state index < -0.39 is 11.8 Å². The molecule has 0 unspecified atom stereocenters. The minimum atomic E-state index is -0.470. The van der Waals surface area contributed by atoms with Crippen LogP contribution in [0.25, 0.3) is 6.08 Å². The summed E-state index contributed by atoms with van der Waals surface area (Å²) in [5, 5.41) is 0.125. The number of aryl methyl sites for hydroxylation is 2. The molecule has 0 atom stereocenters. The molecule has 2 fully saturated rings. The summed E-state index contributed by atoms with van der Waals surface area (Å²) in [6.07, 6.45) is 5.01. The van der Waals surface area contributed by atoms with Crippen LogP contribution >= 0.6 is 12.2 Å². The van der Waals surface area contributed by atoms with E-state index in [1.807, 2.05) is 56.3 Å². The molecule has 0 N–H and O–H groups in total. The predicted octanol–water partition coefficient (Wildman–Crippen LogP) is 5.64. The zero-order chi connectivity index (χ0) is 24.5. The van der Waals surface area contributed by atoms with Crippen LogP contribution in [0, 0.1) is 13.8 Å². The first kappa shape index (κ1) is 23.1. The summed E-state index contributed by atoms with van der Waals surface area (Å²) in [6.45, 7) is 5.88. The summed E-state index contributed by atoms with van der Waals surface area (Å²) in [4.78, 5) is 32.4. The predicted molar refractivity (Wildman–Crippen MR) is 143 cm³/mol. The highest BCUT2D eigenvalue weighted by Gasteiger charge is 2.41. The number of thiocarbonyl (C=S) groups is 1. The van der Waals surface area contributed by atoms with E-state index >= 15 is 0 Å². The Morgan fingerprint density at radius 2 is 1.49 bits per heavy atom. The van der Waals surface area contributed by atoms with Crippen molar-refractivity contribution >= 4 is 52.5 Å². The summed E-state index contributed by atoms with van der Waals surface area (Å²) in [6, 6.07) is 18.6. The Hall–Kier alpha value is -3.71. The van der Waals surface area contributed by atoms with Crippen molar-refractivity contribution in [1.82, 2.24) is 0 Å². The normalized spacial score (nSPS) is 18.1. The molecule has 0 radical (unpaired) electrons. The van der Waals surface area contributed by atoms with Gasteiger partial charge in [-0.2, -0.15) is 0 Å². The van der Waals surface area contributed by atoms with Crippen molar-refractivity contribution in [1.29, 1.82) is 0 Å². The molecular formula is C28H27N3O3S. The molecule has 2 aromatic carbocycles. The second-order valence-electron chi connectivity index (χ2n) is 8.95. The molecule has 2 aliphatic heterocycles. The third-order valence-corrected chi connectivity index (χ3v) is 6.94. The monoisotopic (exact) mass is 485 g/mol. The molecule has 0 aliphatic carbocycles. The van der Waals surface area contributed by atoms with Crippen molar-refractivity contribution in [3.63, 3.8) is 0 Å². The first-order valence-corrected chi connectivity index (χ1v) is 12.3. The Kier molecular flexibility index (Phi) is 6.26. The third-order valence-electron chi connectivity index (χ3n) is 6.58. The molecule has 2 aliphatic rings. The van der Waals surface area contributed by atoms with E-state index in [1.54, 1.807) is 18.2 Å². The largest absolute Gasteiger partial charge is 0.441 e. The van der Waals surface area contributed by atoms with Gasteiger partial charge in [0.15, 0.2) is 11.0 Å². The van der Waals surface area contributed by atoms with Crippen molar-refractivity contribution in [2.75, 3.05) is 27.8 Å². The maximum atomic E-state index is 13.7. The van der Waals surface area contributed by atoms with E-state index in [2.05, 4.69) is 4.90 Å². The molecular weight excluding hydrogens is 458 g/mol. The summed E-state index contributed by atoms with van der Waals surface area (Å²) < 4.78 is 6.04. The molecule has 0 bridgehead atoms. The number of piperidine rings is 1. The first-order chi connectivity index (χ1) is 16.9. The van der Waals surface area contributed by atoms with Crippen LogP contribution in [-0.2, 0) is 9.59 Å². The lowest BCUT2D eigenvalue weighted by atomic mass is 10.1. The molecule has 5 rings (SSSR count). The Morgan fingerprint density at radius 1 is 0.800 bits per heavy atom. The highest BCUT2D eigenvalue weighted by Crippen LogP contribution is 2.31. The number of benzene rings is 2. The molecule has 35 heavy (non-hydrogen) atoms. The number of rotatable bonds is 4. The van der Waals surface area contributed by atoms with Crippen LogP contribution in [0.1, 0.15) is 36.1 Å². The second kappa shape index (κ2) is 9.50. The molecule has 0 saturated carbocycles. The molecule has 1 aromatic heterocycles. The van der Waals surface area contributed by atoms with Crippen molar-refractivity contribution in [3.05, 3.63) is 83.1 Å². The number of amides is 2. The Bertz CT molecular complexity index is 1320. The lowest BCUT2D eigenvalue weighted by Crippen LogP contribution is -2.57. The van der Waals surface area contributed by atoms with Crippen molar-refractivity contribution in [2.45, 2.75) is 33.1 Å². The topological polar surface area (TPSA) is 57.0 Å². The van der Waals surface area contributed by atoms with E-state index in [0.29, 0.717) is 17.1 Å². The molecule has 0 spiro atoms. The maximum Gasteiger partial charge on any atom is 0.270 e. The highest BCUT2D eigenvalue weighted by molar-refractivity contribution is 7.81. The van der Waals surface area contributed by atoms with Crippen molar-refractivity contribution in [2.24, 2.45) is 0 Å². The van der Waals surface area contributed by atoms with Gasteiger partial charge in [-0.05, 0) is 92.9 Å². The molecule has 7 heteroatoms. The average molecular weight is 486 g/mol.